The van der Waals surface area contributed by atoms with Gasteiger partial charge in [0.2, 0.25) is 0 Å². The molecule has 0 bridgehead atoms. The molecule has 0 spiro atoms. The summed E-state index contributed by atoms with van der Waals surface area (Å²) in [6.07, 6.45) is 0.841. The highest BCUT2D eigenvalue weighted by Gasteiger charge is 2.16. The van der Waals surface area contributed by atoms with Gasteiger partial charge < -0.3 is 4.57 Å². The summed E-state index contributed by atoms with van der Waals surface area (Å²) < 4.78 is 4.58. The fraction of sp³-hybridized carbons (Fsp3) is 0.167. The first-order valence-corrected chi connectivity index (χ1v) is 9.62. The molecule has 5 rings (SSSR count). The van der Waals surface area contributed by atoms with Crippen LogP contribution in [0.5, 0.6) is 0 Å². The number of hydrogen-bond acceptors (Lipinski definition) is 2. The predicted octanol–water partition coefficient (Wildman–Crippen LogP) is 4.94. The lowest BCUT2D eigenvalue weighted by Gasteiger charge is -2.11. The first-order valence-electron chi connectivity index (χ1n) is 9.62. The smallest absolute Gasteiger partial charge is 0.164 e. The standard InChI is InChI=1S/C24H22N4/c1-17-13-23-22(27(17)16-20-11-7-4-8-12-20)15-21(14-19-9-5-3-6-10-19)24-26-25-18(2)28(23)24/h3-13,15H,14,16H2,1-2H3. The summed E-state index contributed by atoms with van der Waals surface area (Å²) >= 11 is 0. The molecule has 138 valence electrons. The number of hydrogen-bond donors (Lipinski definition) is 0. The van der Waals surface area contributed by atoms with E-state index < -0.39 is 0 Å². The zero-order valence-corrected chi connectivity index (χ0v) is 16.1. The fourth-order valence-corrected chi connectivity index (χ4v) is 4.02. The van der Waals surface area contributed by atoms with Crippen LogP contribution in [0.3, 0.4) is 0 Å². The van der Waals surface area contributed by atoms with Gasteiger partial charge in [-0.15, -0.1) is 10.2 Å². The van der Waals surface area contributed by atoms with E-state index in [-0.39, 0.29) is 0 Å². The maximum atomic E-state index is 4.49. The molecule has 5 aromatic rings. The van der Waals surface area contributed by atoms with Crippen LogP contribution < -0.4 is 0 Å². The van der Waals surface area contributed by atoms with Crippen molar-refractivity contribution in [3.05, 3.63) is 101 Å². The number of rotatable bonds is 4. The number of nitrogens with zero attached hydrogens (tertiary/aromatic N) is 4. The molecule has 0 N–H and O–H groups in total. The van der Waals surface area contributed by atoms with Crippen LogP contribution >= 0.6 is 0 Å². The monoisotopic (exact) mass is 366 g/mol. The Morgan fingerprint density at radius 3 is 2.14 bits per heavy atom. The first kappa shape index (κ1) is 16.8. The van der Waals surface area contributed by atoms with Crippen LogP contribution in [-0.4, -0.2) is 19.2 Å². The Morgan fingerprint density at radius 2 is 1.43 bits per heavy atom. The van der Waals surface area contributed by atoms with Gasteiger partial charge in [0.05, 0.1) is 11.0 Å². The van der Waals surface area contributed by atoms with Gasteiger partial charge in [-0.2, -0.15) is 0 Å². The Hall–Kier alpha value is -3.40. The van der Waals surface area contributed by atoms with Crippen LogP contribution in [0.4, 0.5) is 0 Å². The Bertz CT molecular complexity index is 1260. The topological polar surface area (TPSA) is 35.1 Å². The second-order valence-corrected chi connectivity index (χ2v) is 7.37. The van der Waals surface area contributed by atoms with Gasteiger partial charge in [-0.05, 0) is 37.1 Å². The molecule has 0 saturated heterocycles. The van der Waals surface area contributed by atoms with Gasteiger partial charge in [-0.1, -0.05) is 60.7 Å². The normalized spacial score (nSPS) is 11.5. The van der Waals surface area contributed by atoms with Crippen molar-refractivity contribution >= 4 is 16.7 Å². The van der Waals surface area contributed by atoms with Crippen LogP contribution in [-0.2, 0) is 13.0 Å². The molecule has 0 amide bonds. The van der Waals surface area contributed by atoms with Crippen LogP contribution in [0, 0.1) is 13.8 Å². The number of aryl methyl sites for hydroxylation is 2. The third-order valence-electron chi connectivity index (χ3n) is 5.41. The Kier molecular flexibility index (Phi) is 3.97. The maximum Gasteiger partial charge on any atom is 0.164 e. The van der Waals surface area contributed by atoms with Crippen molar-refractivity contribution in [2.24, 2.45) is 0 Å². The summed E-state index contributed by atoms with van der Waals surface area (Å²) in [5.41, 5.74) is 8.36. The van der Waals surface area contributed by atoms with Crippen molar-refractivity contribution < 1.29 is 0 Å². The molecule has 0 fully saturated rings. The summed E-state index contributed by atoms with van der Waals surface area (Å²) in [5, 5.41) is 8.87. The summed E-state index contributed by atoms with van der Waals surface area (Å²) in [5.74, 6) is 0.923. The van der Waals surface area contributed by atoms with E-state index in [1.54, 1.807) is 0 Å². The molecule has 0 atom stereocenters. The molecule has 0 aliphatic heterocycles. The summed E-state index contributed by atoms with van der Waals surface area (Å²) in [7, 11) is 0. The van der Waals surface area contributed by atoms with E-state index in [9.17, 15) is 0 Å². The van der Waals surface area contributed by atoms with Crippen molar-refractivity contribution in [1.29, 1.82) is 0 Å². The molecule has 4 nitrogen and oxygen atoms in total. The molecule has 2 aromatic carbocycles. The predicted molar refractivity (Wildman–Crippen MR) is 113 cm³/mol. The van der Waals surface area contributed by atoms with Gasteiger partial charge in [0, 0.05) is 24.2 Å². The Balaban J connectivity index is 1.72. The van der Waals surface area contributed by atoms with Gasteiger partial charge in [0.1, 0.15) is 5.82 Å². The first-order chi connectivity index (χ1) is 13.7. The number of fused-ring (bicyclic) bond motifs is 3. The van der Waals surface area contributed by atoms with Crippen LogP contribution in [0.2, 0.25) is 0 Å². The average molecular weight is 366 g/mol. The van der Waals surface area contributed by atoms with Crippen LogP contribution in [0.15, 0.2) is 72.8 Å². The lowest BCUT2D eigenvalue weighted by Crippen LogP contribution is -2.03. The van der Waals surface area contributed by atoms with Crippen molar-refractivity contribution in [2.75, 3.05) is 0 Å². The number of aromatic nitrogens is 4. The third-order valence-corrected chi connectivity index (χ3v) is 5.41. The zero-order valence-electron chi connectivity index (χ0n) is 16.1. The van der Waals surface area contributed by atoms with E-state index in [0.717, 1.165) is 24.4 Å². The summed E-state index contributed by atoms with van der Waals surface area (Å²) in [4.78, 5) is 0. The van der Waals surface area contributed by atoms with Crippen LogP contribution in [0.25, 0.3) is 16.7 Å². The minimum Gasteiger partial charge on any atom is -0.339 e. The molecule has 3 aromatic heterocycles. The highest BCUT2D eigenvalue weighted by atomic mass is 15.3. The molecule has 0 aliphatic rings. The van der Waals surface area contributed by atoms with Gasteiger partial charge in [-0.3, -0.25) is 4.40 Å². The van der Waals surface area contributed by atoms with E-state index in [2.05, 4.69) is 98.9 Å². The fourth-order valence-electron chi connectivity index (χ4n) is 4.02. The number of benzene rings is 2. The van der Waals surface area contributed by atoms with Gasteiger partial charge >= 0.3 is 0 Å². The Labute approximate surface area is 164 Å². The van der Waals surface area contributed by atoms with E-state index in [1.807, 2.05) is 6.92 Å². The minimum absolute atomic E-state index is 0.841. The van der Waals surface area contributed by atoms with Gasteiger partial charge in [0.25, 0.3) is 0 Å². The largest absolute Gasteiger partial charge is 0.339 e. The number of pyridine rings is 1. The molecule has 4 heteroatoms. The maximum absolute atomic E-state index is 4.49. The van der Waals surface area contributed by atoms with E-state index in [1.165, 1.54) is 33.4 Å². The minimum atomic E-state index is 0.841. The van der Waals surface area contributed by atoms with E-state index in [4.69, 9.17) is 0 Å². The second kappa shape index (κ2) is 6.64. The molecule has 0 unspecified atom stereocenters. The van der Waals surface area contributed by atoms with E-state index in [0.29, 0.717) is 0 Å². The highest BCUT2D eigenvalue weighted by molar-refractivity contribution is 5.83. The molecule has 3 heterocycles. The molecule has 0 saturated carbocycles. The van der Waals surface area contributed by atoms with Gasteiger partial charge in [0.15, 0.2) is 5.65 Å². The molecule has 28 heavy (non-hydrogen) atoms. The van der Waals surface area contributed by atoms with E-state index >= 15 is 0 Å². The lowest BCUT2D eigenvalue weighted by molar-refractivity contribution is 0.804. The zero-order chi connectivity index (χ0) is 19.1. The molecule has 0 radical (unpaired) electrons. The molecule has 0 aliphatic carbocycles. The second-order valence-electron chi connectivity index (χ2n) is 7.37. The van der Waals surface area contributed by atoms with Crippen molar-refractivity contribution in [3.8, 4) is 0 Å². The SMILES string of the molecule is Cc1cc2c(cc(Cc3ccccc3)c3nnc(C)n32)n1Cc1ccccc1. The Morgan fingerprint density at radius 1 is 0.750 bits per heavy atom. The summed E-state index contributed by atoms with van der Waals surface area (Å²) in [6, 6.07) is 25.7. The van der Waals surface area contributed by atoms with Crippen molar-refractivity contribution in [3.63, 3.8) is 0 Å². The van der Waals surface area contributed by atoms with Crippen molar-refractivity contribution in [1.82, 2.24) is 19.2 Å². The van der Waals surface area contributed by atoms with Crippen LogP contribution in [0.1, 0.15) is 28.2 Å². The van der Waals surface area contributed by atoms with Crippen molar-refractivity contribution in [2.45, 2.75) is 26.8 Å². The molecular formula is C24H22N4. The average Bonchev–Trinajstić information content (AvgIpc) is 3.25. The highest BCUT2D eigenvalue weighted by Crippen LogP contribution is 2.27. The lowest BCUT2D eigenvalue weighted by atomic mass is 10.1. The van der Waals surface area contributed by atoms with Gasteiger partial charge in [-0.25, -0.2) is 0 Å². The third kappa shape index (κ3) is 2.78. The quantitative estimate of drug-likeness (QED) is 0.452. The molecular weight excluding hydrogens is 344 g/mol. The summed E-state index contributed by atoms with van der Waals surface area (Å²) in [6.45, 7) is 5.05.